The summed E-state index contributed by atoms with van der Waals surface area (Å²) in [5, 5.41) is 3.11. The molecule has 0 amide bonds. The Morgan fingerprint density at radius 1 is 1.00 bits per heavy atom. The normalized spacial score (nSPS) is 13.2. The number of benzene rings is 2. The molecule has 0 heterocycles. The molecular weight excluding hydrogens is 275 g/mol. The molecule has 0 bridgehead atoms. The van der Waals surface area contributed by atoms with Crippen LogP contribution < -0.4 is 5.32 Å². The van der Waals surface area contributed by atoms with Crippen molar-refractivity contribution < 1.29 is 13.2 Å². The Morgan fingerprint density at radius 2 is 1.67 bits per heavy atom. The number of hydrogen-bond donors (Lipinski definition) is 1. The summed E-state index contributed by atoms with van der Waals surface area (Å²) in [5.41, 5.74) is 3.21. The van der Waals surface area contributed by atoms with Gasteiger partial charge in [0.15, 0.2) is 0 Å². The van der Waals surface area contributed by atoms with Gasteiger partial charge in [-0.15, -0.1) is 0 Å². The molecule has 1 unspecified atom stereocenters. The van der Waals surface area contributed by atoms with Crippen LogP contribution in [0.4, 0.5) is 13.2 Å². The van der Waals surface area contributed by atoms with E-state index in [-0.39, 0.29) is 6.04 Å². The van der Waals surface area contributed by atoms with Crippen molar-refractivity contribution in [2.45, 2.75) is 26.1 Å². The molecule has 0 saturated carbocycles. The largest absolute Gasteiger partial charge is 0.416 e. The summed E-state index contributed by atoms with van der Waals surface area (Å²) in [7, 11) is 1.76. The Balaban J connectivity index is 2.49. The zero-order chi connectivity index (χ0) is 15.6. The standard InChI is InChI=1S/C17H18F3N/c1-11-6-4-9-15(12(11)2)16(21-3)13-7-5-8-14(10-13)17(18,19)20/h4-10,16,21H,1-3H3. The lowest BCUT2D eigenvalue weighted by Gasteiger charge is -2.21. The first kappa shape index (κ1) is 15.6. The molecule has 0 fully saturated rings. The predicted octanol–water partition coefficient (Wildman–Crippen LogP) is 4.63. The van der Waals surface area contributed by atoms with Crippen LogP contribution in [0.15, 0.2) is 42.5 Å². The van der Waals surface area contributed by atoms with Crippen LogP contribution in [0, 0.1) is 13.8 Å². The quantitative estimate of drug-likeness (QED) is 0.870. The Hall–Kier alpha value is -1.81. The van der Waals surface area contributed by atoms with Gasteiger partial charge < -0.3 is 5.32 Å². The summed E-state index contributed by atoms with van der Waals surface area (Å²) in [6.07, 6.45) is -4.32. The molecule has 0 saturated heterocycles. The van der Waals surface area contributed by atoms with Crippen molar-refractivity contribution in [1.82, 2.24) is 5.32 Å². The fourth-order valence-corrected chi connectivity index (χ4v) is 2.48. The van der Waals surface area contributed by atoms with Crippen LogP contribution in [0.2, 0.25) is 0 Å². The molecule has 0 aliphatic heterocycles. The van der Waals surface area contributed by atoms with Gasteiger partial charge in [-0.2, -0.15) is 13.2 Å². The van der Waals surface area contributed by atoms with Crippen molar-refractivity contribution >= 4 is 0 Å². The number of rotatable bonds is 3. The Labute approximate surface area is 122 Å². The van der Waals surface area contributed by atoms with E-state index >= 15 is 0 Å². The van der Waals surface area contributed by atoms with Crippen LogP contribution in [0.25, 0.3) is 0 Å². The van der Waals surface area contributed by atoms with Gasteiger partial charge in [-0.1, -0.05) is 30.3 Å². The highest BCUT2D eigenvalue weighted by molar-refractivity contribution is 5.41. The van der Waals surface area contributed by atoms with E-state index in [0.29, 0.717) is 5.56 Å². The van der Waals surface area contributed by atoms with Crippen molar-refractivity contribution in [2.75, 3.05) is 7.05 Å². The average molecular weight is 293 g/mol. The third kappa shape index (κ3) is 3.27. The molecule has 21 heavy (non-hydrogen) atoms. The van der Waals surface area contributed by atoms with Gasteiger partial charge in [-0.05, 0) is 55.3 Å². The number of halogens is 3. The topological polar surface area (TPSA) is 12.0 Å². The van der Waals surface area contributed by atoms with Crippen LogP contribution in [0.3, 0.4) is 0 Å². The van der Waals surface area contributed by atoms with E-state index in [4.69, 9.17) is 0 Å². The summed E-state index contributed by atoms with van der Waals surface area (Å²) >= 11 is 0. The van der Waals surface area contributed by atoms with Gasteiger partial charge in [-0.25, -0.2) is 0 Å². The smallest absolute Gasteiger partial charge is 0.309 e. The summed E-state index contributed by atoms with van der Waals surface area (Å²) in [4.78, 5) is 0. The molecule has 0 aliphatic rings. The van der Waals surface area contributed by atoms with E-state index in [1.54, 1.807) is 13.1 Å². The summed E-state index contributed by atoms with van der Waals surface area (Å²) in [6.45, 7) is 3.99. The van der Waals surface area contributed by atoms with Crippen molar-refractivity contribution in [3.05, 3.63) is 70.3 Å². The van der Waals surface area contributed by atoms with E-state index < -0.39 is 11.7 Å². The number of hydrogen-bond acceptors (Lipinski definition) is 1. The maximum Gasteiger partial charge on any atom is 0.416 e. The Morgan fingerprint density at radius 3 is 2.29 bits per heavy atom. The van der Waals surface area contributed by atoms with Crippen LogP contribution >= 0.6 is 0 Å². The molecule has 112 valence electrons. The van der Waals surface area contributed by atoms with Crippen molar-refractivity contribution in [3.63, 3.8) is 0 Å². The van der Waals surface area contributed by atoms with E-state index in [0.717, 1.165) is 22.8 Å². The van der Waals surface area contributed by atoms with Crippen LogP contribution in [0.1, 0.15) is 33.9 Å². The van der Waals surface area contributed by atoms with Gasteiger partial charge in [-0.3, -0.25) is 0 Å². The van der Waals surface area contributed by atoms with Crippen molar-refractivity contribution in [3.8, 4) is 0 Å². The van der Waals surface area contributed by atoms with Crippen molar-refractivity contribution in [1.29, 1.82) is 0 Å². The lowest BCUT2D eigenvalue weighted by atomic mass is 9.92. The third-order valence-corrected chi connectivity index (χ3v) is 3.79. The molecule has 1 atom stereocenters. The summed E-state index contributed by atoms with van der Waals surface area (Å²) in [5.74, 6) is 0. The monoisotopic (exact) mass is 293 g/mol. The molecule has 0 radical (unpaired) electrons. The Kier molecular flexibility index (Phi) is 4.37. The van der Waals surface area contributed by atoms with E-state index in [1.807, 2.05) is 32.0 Å². The number of aryl methyl sites for hydroxylation is 1. The minimum absolute atomic E-state index is 0.257. The lowest BCUT2D eigenvalue weighted by molar-refractivity contribution is -0.137. The first-order valence-corrected chi connectivity index (χ1v) is 6.75. The molecule has 0 aliphatic carbocycles. The highest BCUT2D eigenvalue weighted by Gasteiger charge is 2.31. The molecule has 0 spiro atoms. The fourth-order valence-electron chi connectivity index (χ4n) is 2.48. The Bertz CT molecular complexity index is 632. The van der Waals surface area contributed by atoms with Crippen LogP contribution in [0.5, 0.6) is 0 Å². The summed E-state index contributed by atoms with van der Waals surface area (Å²) < 4.78 is 38.6. The lowest BCUT2D eigenvalue weighted by Crippen LogP contribution is -2.19. The number of alkyl halides is 3. The van der Waals surface area contributed by atoms with Gasteiger partial charge in [0.25, 0.3) is 0 Å². The van der Waals surface area contributed by atoms with Crippen LogP contribution in [-0.4, -0.2) is 7.05 Å². The molecule has 2 aromatic rings. The number of nitrogens with one attached hydrogen (secondary N) is 1. The minimum atomic E-state index is -4.32. The molecule has 1 N–H and O–H groups in total. The molecule has 1 nitrogen and oxygen atoms in total. The molecule has 4 heteroatoms. The van der Waals surface area contributed by atoms with E-state index in [9.17, 15) is 13.2 Å². The zero-order valence-electron chi connectivity index (χ0n) is 12.3. The third-order valence-electron chi connectivity index (χ3n) is 3.79. The van der Waals surface area contributed by atoms with Gasteiger partial charge in [0, 0.05) is 0 Å². The van der Waals surface area contributed by atoms with Gasteiger partial charge in [0.1, 0.15) is 0 Å². The molecule has 2 rings (SSSR count). The van der Waals surface area contributed by atoms with Gasteiger partial charge in [0.2, 0.25) is 0 Å². The van der Waals surface area contributed by atoms with Crippen LogP contribution in [-0.2, 0) is 6.18 Å². The molecule has 0 aromatic heterocycles. The summed E-state index contributed by atoms with van der Waals surface area (Å²) in [6, 6.07) is 11.1. The minimum Gasteiger partial charge on any atom is -0.309 e. The second kappa shape index (κ2) is 5.90. The maximum atomic E-state index is 12.9. The first-order chi connectivity index (χ1) is 9.84. The molecular formula is C17H18F3N. The van der Waals surface area contributed by atoms with Gasteiger partial charge in [0.05, 0.1) is 11.6 Å². The second-order valence-electron chi connectivity index (χ2n) is 5.13. The van der Waals surface area contributed by atoms with Gasteiger partial charge >= 0.3 is 6.18 Å². The maximum absolute atomic E-state index is 12.9. The fraction of sp³-hybridized carbons (Fsp3) is 0.294. The molecule has 2 aromatic carbocycles. The van der Waals surface area contributed by atoms with Crippen molar-refractivity contribution in [2.24, 2.45) is 0 Å². The zero-order valence-corrected chi connectivity index (χ0v) is 12.3. The first-order valence-electron chi connectivity index (χ1n) is 6.75. The van der Waals surface area contributed by atoms with E-state index in [2.05, 4.69) is 5.32 Å². The average Bonchev–Trinajstić information content (AvgIpc) is 2.44. The SMILES string of the molecule is CNC(c1cccc(C(F)(F)F)c1)c1cccc(C)c1C. The predicted molar refractivity (Wildman–Crippen MR) is 78.3 cm³/mol. The van der Waals surface area contributed by atoms with E-state index in [1.165, 1.54) is 12.1 Å². The highest BCUT2D eigenvalue weighted by atomic mass is 19.4. The highest BCUT2D eigenvalue weighted by Crippen LogP contribution is 2.33. The second-order valence-corrected chi connectivity index (χ2v) is 5.13.